The highest BCUT2D eigenvalue weighted by Gasteiger charge is 2.60. The number of nitrogens with two attached hydrogens (primary N) is 1. The standard InChI is InChI=1S/C21H31N5O/c1-20-10-8-14-12(4-7-16-21(14,2)11-9-17(27)26(16)3)13(20)5-6-15(20)18-23-19(22)25-24-18/h9,11-16H,4-8,10H2,1-3H3,(H3,22,23,24,25)/t12?,13-,14?,15+,16?,20-,21+/m0/s1. The molecular formula is C21H31N5O. The highest BCUT2D eigenvalue weighted by molar-refractivity contribution is 5.89. The number of hydrogen-bond donors (Lipinski definition) is 2. The normalized spacial score (nSPS) is 46.1. The Bertz CT molecular complexity index is 802. The molecular weight excluding hydrogens is 338 g/mol. The van der Waals surface area contributed by atoms with Gasteiger partial charge in [-0.15, -0.1) is 5.10 Å². The predicted molar refractivity (Wildman–Crippen MR) is 104 cm³/mol. The van der Waals surface area contributed by atoms with Crippen molar-refractivity contribution < 1.29 is 4.79 Å². The molecule has 3 N–H and O–H groups in total. The second-order valence-electron chi connectivity index (χ2n) is 9.87. The summed E-state index contributed by atoms with van der Waals surface area (Å²) in [5, 5.41) is 7.19. The van der Waals surface area contributed by atoms with Crippen molar-refractivity contribution in [1.29, 1.82) is 0 Å². The van der Waals surface area contributed by atoms with E-state index in [4.69, 9.17) is 5.73 Å². The number of carbonyl (C=O) groups excluding carboxylic acids is 1. The van der Waals surface area contributed by atoms with E-state index < -0.39 is 0 Å². The number of nitrogens with zero attached hydrogens (tertiary/aromatic N) is 3. The lowest BCUT2D eigenvalue weighted by atomic mass is 9.47. The lowest BCUT2D eigenvalue weighted by Gasteiger charge is -2.60. The lowest BCUT2D eigenvalue weighted by Crippen LogP contribution is -2.59. The van der Waals surface area contributed by atoms with Crippen molar-refractivity contribution in [3.63, 3.8) is 0 Å². The fraction of sp³-hybridized carbons (Fsp3) is 0.762. The Morgan fingerprint density at radius 2 is 2.00 bits per heavy atom. The van der Waals surface area contributed by atoms with Gasteiger partial charge in [0.1, 0.15) is 5.82 Å². The van der Waals surface area contributed by atoms with Crippen LogP contribution in [0.4, 0.5) is 5.95 Å². The molecule has 1 aliphatic heterocycles. The van der Waals surface area contributed by atoms with Gasteiger partial charge in [-0.25, -0.2) is 0 Å². The molecule has 27 heavy (non-hydrogen) atoms. The van der Waals surface area contributed by atoms with E-state index in [2.05, 4.69) is 35.1 Å². The molecule has 6 heteroatoms. The van der Waals surface area contributed by atoms with E-state index in [0.717, 1.165) is 24.1 Å². The van der Waals surface area contributed by atoms with Gasteiger partial charge in [0.2, 0.25) is 11.9 Å². The molecule has 0 bridgehead atoms. The summed E-state index contributed by atoms with van der Waals surface area (Å²) in [6.07, 6.45) is 11.3. The summed E-state index contributed by atoms with van der Waals surface area (Å²) in [5.74, 6) is 4.07. The van der Waals surface area contributed by atoms with Crippen LogP contribution in [0.5, 0.6) is 0 Å². The molecule has 146 valence electrons. The number of aromatic amines is 1. The van der Waals surface area contributed by atoms with Crippen LogP contribution in [0.15, 0.2) is 12.2 Å². The molecule has 3 saturated carbocycles. The number of nitrogens with one attached hydrogen (secondary N) is 1. The highest BCUT2D eigenvalue weighted by atomic mass is 16.2. The van der Waals surface area contributed by atoms with Crippen LogP contribution >= 0.6 is 0 Å². The van der Waals surface area contributed by atoms with Crippen LogP contribution in [0.25, 0.3) is 0 Å². The van der Waals surface area contributed by atoms with Crippen LogP contribution in [-0.4, -0.2) is 39.1 Å². The molecule has 0 saturated heterocycles. The van der Waals surface area contributed by atoms with E-state index in [0.29, 0.717) is 23.8 Å². The number of fused-ring (bicyclic) bond motifs is 5. The minimum atomic E-state index is 0.113. The molecule has 7 atom stereocenters. The van der Waals surface area contributed by atoms with Gasteiger partial charge in [0.25, 0.3) is 0 Å². The van der Waals surface area contributed by atoms with Crippen LogP contribution in [0, 0.1) is 28.6 Å². The predicted octanol–water partition coefficient (Wildman–Crippen LogP) is 3.11. The third kappa shape index (κ3) is 2.21. The van der Waals surface area contributed by atoms with Gasteiger partial charge in [0.05, 0.1) is 0 Å². The van der Waals surface area contributed by atoms with Crippen LogP contribution < -0.4 is 5.73 Å². The lowest BCUT2D eigenvalue weighted by molar-refractivity contribution is -0.138. The average molecular weight is 370 g/mol. The van der Waals surface area contributed by atoms with Gasteiger partial charge in [-0.3, -0.25) is 9.89 Å². The monoisotopic (exact) mass is 369 g/mol. The van der Waals surface area contributed by atoms with Gasteiger partial charge in [0, 0.05) is 24.4 Å². The molecule has 0 spiro atoms. The summed E-state index contributed by atoms with van der Waals surface area (Å²) in [6, 6.07) is 0.354. The van der Waals surface area contributed by atoms with Gasteiger partial charge in [-0.1, -0.05) is 19.9 Å². The number of likely N-dealkylation sites (N-methyl/N-ethyl adjacent to an activating group) is 1. The molecule has 0 radical (unpaired) electrons. The van der Waals surface area contributed by atoms with Crippen LogP contribution in [-0.2, 0) is 4.79 Å². The first kappa shape index (κ1) is 17.3. The molecule has 2 heterocycles. The first-order valence-corrected chi connectivity index (χ1v) is 10.5. The van der Waals surface area contributed by atoms with Crippen molar-refractivity contribution in [3.8, 4) is 0 Å². The second-order valence-corrected chi connectivity index (χ2v) is 9.87. The molecule has 1 aromatic heterocycles. The number of H-pyrrole nitrogens is 1. The average Bonchev–Trinajstić information content (AvgIpc) is 3.21. The van der Waals surface area contributed by atoms with Crippen molar-refractivity contribution in [2.24, 2.45) is 28.6 Å². The number of hydrogen-bond acceptors (Lipinski definition) is 4. The molecule has 1 aromatic rings. The number of rotatable bonds is 1. The number of amides is 1. The van der Waals surface area contributed by atoms with Gasteiger partial charge in [-0.2, -0.15) is 4.98 Å². The summed E-state index contributed by atoms with van der Waals surface area (Å²) in [7, 11) is 1.99. The van der Waals surface area contributed by atoms with Crippen molar-refractivity contribution in [2.75, 3.05) is 12.8 Å². The van der Waals surface area contributed by atoms with Crippen molar-refractivity contribution >= 4 is 11.9 Å². The van der Waals surface area contributed by atoms with Gasteiger partial charge in [0.15, 0.2) is 0 Å². The largest absolute Gasteiger partial charge is 0.367 e. The van der Waals surface area contributed by atoms with E-state index >= 15 is 0 Å². The molecule has 1 amide bonds. The molecule has 3 aliphatic carbocycles. The number of carbonyl (C=O) groups is 1. The van der Waals surface area contributed by atoms with Gasteiger partial charge in [-0.05, 0) is 67.8 Å². The Balaban J connectivity index is 1.47. The third-order valence-electron chi connectivity index (χ3n) is 8.98. The summed E-state index contributed by atoms with van der Waals surface area (Å²) in [4.78, 5) is 18.7. The van der Waals surface area contributed by atoms with Crippen LogP contribution in [0.1, 0.15) is 64.1 Å². The Morgan fingerprint density at radius 3 is 2.74 bits per heavy atom. The number of anilines is 1. The molecule has 0 aromatic carbocycles. The van der Waals surface area contributed by atoms with Crippen LogP contribution in [0.3, 0.4) is 0 Å². The van der Waals surface area contributed by atoms with Crippen molar-refractivity contribution in [3.05, 3.63) is 18.0 Å². The molecule has 3 unspecified atom stereocenters. The molecule has 6 nitrogen and oxygen atoms in total. The van der Waals surface area contributed by atoms with Crippen molar-refractivity contribution in [2.45, 2.75) is 64.3 Å². The van der Waals surface area contributed by atoms with E-state index in [1.54, 1.807) is 0 Å². The maximum absolute atomic E-state index is 12.2. The number of nitrogen functional groups attached to an aromatic ring is 1. The first-order chi connectivity index (χ1) is 12.8. The SMILES string of the molecule is CN1C(=O)C=C[C@]2(C)C3CC[C@]4(C)[C@@H](c5nc(N)n[nH]5)CC[C@H]4C3CCC12. The molecule has 4 aliphatic rings. The van der Waals surface area contributed by atoms with E-state index in [9.17, 15) is 4.79 Å². The molecule has 5 rings (SSSR count). The van der Waals surface area contributed by atoms with Gasteiger partial charge < -0.3 is 10.6 Å². The fourth-order valence-corrected chi connectivity index (χ4v) is 7.63. The maximum atomic E-state index is 12.2. The van der Waals surface area contributed by atoms with Crippen molar-refractivity contribution in [1.82, 2.24) is 20.1 Å². The van der Waals surface area contributed by atoms with Gasteiger partial charge >= 0.3 is 0 Å². The van der Waals surface area contributed by atoms with E-state index in [-0.39, 0.29) is 16.7 Å². The number of aromatic nitrogens is 3. The highest BCUT2D eigenvalue weighted by Crippen LogP contribution is 2.67. The second kappa shape index (κ2) is 5.58. The summed E-state index contributed by atoms with van der Waals surface area (Å²) < 4.78 is 0. The Labute approximate surface area is 161 Å². The minimum absolute atomic E-state index is 0.113. The smallest absolute Gasteiger partial charge is 0.246 e. The Kier molecular flexibility index (Phi) is 3.57. The third-order valence-corrected chi connectivity index (χ3v) is 8.98. The fourth-order valence-electron chi connectivity index (χ4n) is 7.63. The summed E-state index contributed by atoms with van der Waals surface area (Å²) >= 11 is 0. The zero-order valence-electron chi connectivity index (χ0n) is 16.6. The first-order valence-electron chi connectivity index (χ1n) is 10.5. The maximum Gasteiger partial charge on any atom is 0.246 e. The zero-order chi connectivity index (χ0) is 19.0. The molecule has 3 fully saturated rings. The van der Waals surface area contributed by atoms with E-state index in [1.165, 1.54) is 32.1 Å². The zero-order valence-corrected chi connectivity index (χ0v) is 16.6. The Hall–Kier alpha value is -1.85. The quantitative estimate of drug-likeness (QED) is 0.796. The summed E-state index contributed by atoms with van der Waals surface area (Å²) in [5.41, 5.74) is 6.17. The Morgan fingerprint density at radius 1 is 1.19 bits per heavy atom. The minimum Gasteiger partial charge on any atom is -0.367 e. The topological polar surface area (TPSA) is 87.9 Å². The van der Waals surface area contributed by atoms with E-state index in [1.807, 2.05) is 18.0 Å². The summed E-state index contributed by atoms with van der Waals surface area (Å²) in [6.45, 7) is 4.88. The van der Waals surface area contributed by atoms with Crippen LogP contribution in [0.2, 0.25) is 0 Å².